The number of hydrogen-bond donors (Lipinski definition) is 8. The van der Waals surface area contributed by atoms with E-state index in [9.17, 15) is 45.6 Å². The van der Waals surface area contributed by atoms with Crippen LogP contribution in [0.1, 0.15) is 72.6 Å². The predicted octanol–water partition coefficient (Wildman–Crippen LogP) is 2.01. The maximum Gasteiger partial charge on any atom is 0.331 e. The van der Waals surface area contributed by atoms with E-state index in [1.807, 2.05) is 20.8 Å². The second-order valence-electron chi connectivity index (χ2n) is 13.5. The van der Waals surface area contributed by atoms with E-state index in [0.29, 0.717) is 6.42 Å². The van der Waals surface area contributed by atoms with Crippen LogP contribution in [-0.4, -0.2) is 114 Å². The van der Waals surface area contributed by atoms with Gasteiger partial charge >= 0.3 is 5.97 Å². The molecule has 1 saturated heterocycles. The number of aliphatic hydroxyl groups is 8. The van der Waals surface area contributed by atoms with E-state index in [4.69, 9.17) is 9.47 Å². The zero-order valence-corrected chi connectivity index (χ0v) is 28.1. The second-order valence-corrected chi connectivity index (χ2v) is 13.5. The number of carbonyl (C=O) groups excluding carboxylic acids is 1. The van der Waals surface area contributed by atoms with Crippen LogP contribution in [0, 0.1) is 17.8 Å². The van der Waals surface area contributed by atoms with E-state index in [1.54, 1.807) is 55.5 Å². The van der Waals surface area contributed by atoms with Gasteiger partial charge in [-0.2, -0.15) is 0 Å². The first-order valence-corrected chi connectivity index (χ1v) is 16.8. The molecule has 1 fully saturated rings. The van der Waals surface area contributed by atoms with Gasteiger partial charge in [0, 0.05) is 30.8 Å². The molecule has 0 amide bonds. The van der Waals surface area contributed by atoms with Crippen LogP contribution >= 0.6 is 0 Å². The Labute approximate surface area is 279 Å². The van der Waals surface area contributed by atoms with Crippen molar-refractivity contribution in [3.63, 3.8) is 0 Å². The van der Waals surface area contributed by atoms with Crippen LogP contribution in [0.2, 0.25) is 0 Å². The van der Waals surface area contributed by atoms with Crippen molar-refractivity contribution in [1.29, 1.82) is 0 Å². The van der Waals surface area contributed by atoms with Crippen molar-refractivity contribution in [3.8, 4) is 0 Å². The third-order valence-corrected chi connectivity index (χ3v) is 8.74. The first-order valence-electron chi connectivity index (χ1n) is 16.8. The van der Waals surface area contributed by atoms with Gasteiger partial charge in [0.1, 0.15) is 12.2 Å². The largest absolute Gasteiger partial charge is 0.458 e. The molecule has 13 atom stereocenters. The standard InChI is InChI=1S/C36H58O11/c1-22(2)36-23(3)13-14-25(37)15-26(38)16-27(39)17-28(40)18-29(41)19-30(42)20-31(43)24(4)34-21-32(44)33(46-34)11-9-7-5-6-8-10-12-35(45)47-36/h5-14,22-34,36-44H,15-21H2,1-4H3/b7-5+,8-6+,11-9+,12-10+,14-13+/t23-,24+,25-,26-,27+,28-,29+,30+,31+,32-,33-,34-,36-/m0/s1. The Morgan fingerprint density at radius 2 is 1.13 bits per heavy atom. The van der Waals surface area contributed by atoms with Crippen molar-refractivity contribution in [2.24, 2.45) is 17.8 Å². The maximum absolute atomic E-state index is 12.5. The van der Waals surface area contributed by atoms with Crippen LogP contribution in [0.15, 0.2) is 60.8 Å². The van der Waals surface area contributed by atoms with Gasteiger partial charge in [-0.25, -0.2) is 4.79 Å². The number of fused-ring (bicyclic) bond motifs is 2. The number of hydrogen-bond acceptors (Lipinski definition) is 11. The molecule has 0 aromatic heterocycles. The fourth-order valence-electron chi connectivity index (χ4n) is 6.07. The molecule has 0 radical (unpaired) electrons. The molecular weight excluding hydrogens is 608 g/mol. The lowest BCUT2D eigenvalue weighted by atomic mass is 9.90. The van der Waals surface area contributed by atoms with Gasteiger partial charge in [0.25, 0.3) is 0 Å². The summed E-state index contributed by atoms with van der Waals surface area (Å²) in [6.07, 6.45) is 6.66. The summed E-state index contributed by atoms with van der Waals surface area (Å²) < 4.78 is 11.6. The molecular formula is C36H58O11. The van der Waals surface area contributed by atoms with Crippen LogP contribution in [0.4, 0.5) is 0 Å². The second kappa shape index (κ2) is 21.0. The zero-order valence-electron chi connectivity index (χ0n) is 28.1. The normalized spacial score (nSPS) is 43.3. The lowest BCUT2D eigenvalue weighted by Gasteiger charge is -2.27. The molecule has 0 spiro atoms. The van der Waals surface area contributed by atoms with Crippen LogP contribution in [0.3, 0.4) is 0 Å². The minimum absolute atomic E-state index is 0.00679. The molecule has 2 bridgehead atoms. The summed E-state index contributed by atoms with van der Waals surface area (Å²) in [6.45, 7) is 7.48. The number of cyclic esters (lactones) is 1. The minimum atomic E-state index is -1.10. The highest BCUT2D eigenvalue weighted by Gasteiger charge is 2.38. The molecule has 0 aromatic rings. The van der Waals surface area contributed by atoms with E-state index < -0.39 is 79.0 Å². The van der Waals surface area contributed by atoms with Gasteiger partial charge in [0.2, 0.25) is 0 Å². The summed E-state index contributed by atoms with van der Waals surface area (Å²) in [6, 6.07) is 0. The van der Waals surface area contributed by atoms with Crippen LogP contribution in [0.5, 0.6) is 0 Å². The summed E-state index contributed by atoms with van der Waals surface area (Å²) in [5, 5.41) is 83.8. The molecule has 2 rings (SSSR count). The topological polar surface area (TPSA) is 197 Å². The Bertz CT molecular complexity index is 1050. The highest BCUT2D eigenvalue weighted by Crippen LogP contribution is 2.30. The van der Waals surface area contributed by atoms with Gasteiger partial charge in [-0.15, -0.1) is 0 Å². The third kappa shape index (κ3) is 15.7. The lowest BCUT2D eigenvalue weighted by Crippen LogP contribution is -2.34. The zero-order chi connectivity index (χ0) is 35.1. The number of carbonyl (C=O) groups is 1. The van der Waals surface area contributed by atoms with Crippen molar-refractivity contribution in [2.45, 2.75) is 140 Å². The van der Waals surface area contributed by atoms with Crippen LogP contribution < -0.4 is 0 Å². The summed E-state index contributed by atoms with van der Waals surface area (Å²) in [5.41, 5.74) is 0. The summed E-state index contributed by atoms with van der Waals surface area (Å²) >= 11 is 0. The Morgan fingerprint density at radius 1 is 0.617 bits per heavy atom. The fourth-order valence-corrected chi connectivity index (χ4v) is 6.07. The number of esters is 1. The Kier molecular flexibility index (Phi) is 18.3. The van der Waals surface area contributed by atoms with E-state index in [1.165, 1.54) is 12.2 Å². The SMILES string of the molecule is CC(C)[C@@H]1OC(=O)/C=C/C=C/C=C/C=C/[C@@H]2O[C@@H](C[C@@H]2O)[C@H](C)[C@H](O)C[C@H](O)C[C@H](O)C[C@@H](O)C[C@H](O)C[C@@H](O)C[C@@H](O)/C=C/[C@@H]1C. The quantitative estimate of drug-likeness (QED) is 0.151. The molecule has 11 heteroatoms. The summed E-state index contributed by atoms with van der Waals surface area (Å²) in [7, 11) is 0. The van der Waals surface area contributed by atoms with Gasteiger partial charge in [-0.05, 0) is 38.0 Å². The summed E-state index contributed by atoms with van der Waals surface area (Å²) in [4.78, 5) is 12.5. The fraction of sp³-hybridized carbons (Fsp3) is 0.694. The van der Waals surface area contributed by atoms with Crippen molar-refractivity contribution >= 4 is 5.97 Å². The minimum Gasteiger partial charge on any atom is -0.458 e. The van der Waals surface area contributed by atoms with Crippen molar-refractivity contribution in [2.75, 3.05) is 0 Å². The molecule has 0 unspecified atom stereocenters. The molecule has 268 valence electrons. The average Bonchev–Trinajstić information content (AvgIpc) is 3.34. The van der Waals surface area contributed by atoms with Crippen molar-refractivity contribution < 1.29 is 55.1 Å². The monoisotopic (exact) mass is 666 g/mol. The Balaban J connectivity index is 2.14. The van der Waals surface area contributed by atoms with Crippen molar-refractivity contribution in [3.05, 3.63) is 60.8 Å². The van der Waals surface area contributed by atoms with Crippen LogP contribution in [0.25, 0.3) is 0 Å². The van der Waals surface area contributed by atoms with E-state index in [0.717, 1.165) is 0 Å². The number of aliphatic hydroxyl groups excluding tert-OH is 8. The van der Waals surface area contributed by atoms with E-state index >= 15 is 0 Å². The van der Waals surface area contributed by atoms with Gasteiger partial charge < -0.3 is 50.3 Å². The molecule has 0 aliphatic carbocycles. The first-order chi connectivity index (χ1) is 22.2. The summed E-state index contributed by atoms with van der Waals surface area (Å²) in [5.74, 6) is -1.16. The number of ether oxygens (including phenoxy) is 2. The molecule has 8 N–H and O–H groups in total. The van der Waals surface area contributed by atoms with E-state index in [2.05, 4.69) is 0 Å². The smallest absolute Gasteiger partial charge is 0.331 e. The maximum atomic E-state index is 12.5. The van der Waals surface area contributed by atoms with Crippen molar-refractivity contribution in [1.82, 2.24) is 0 Å². The average molecular weight is 667 g/mol. The number of allylic oxidation sites excluding steroid dienone is 6. The Morgan fingerprint density at radius 3 is 1.70 bits per heavy atom. The van der Waals surface area contributed by atoms with Gasteiger partial charge in [-0.3, -0.25) is 0 Å². The van der Waals surface area contributed by atoms with Gasteiger partial charge in [0.15, 0.2) is 0 Å². The van der Waals surface area contributed by atoms with Crippen LogP contribution in [-0.2, 0) is 14.3 Å². The highest BCUT2D eigenvalue weighted by molar-refractivity contribution is 5.82. The third-order valence-electron chi connectivity index (χ3n) is 8.74. The predicted molar refractivity (Wildman–Crippen MR) is 178 cm³/mol. The number of rotatable bonds is 1. The highest BCUT2D eigenvalue weighted by atomic mass is 16.5. The molecule has 0 aromatic carbocycles. The van der Waals surface area contributed by atoms with E-state index in [-0.39, 0.29) is 50.4 Å². The molecule has 2 heterocycles. The molecule has 0 saturated carbocycles. The van der Waals surface area contributed by atoms with Gasteiger partial charge in [0.05, 0.1) is 54.9 Å². The molecule has 47 heavy (non-hydrogen) atoms. The molecule has 2 aliphatic heterocycles. The van der Waals surface area contributed by atoms with Gasteiger partial charge in [-0.1, -0.05) is 82.4 Å². The first kappa shape index (κ1) is 41.0. The molecule has 2 aliphatic rings. The lowest BCUT2D eigenvalue weighted by molar-refractivity contribution is -0.147. The molecule has 11 nitrogen and oxygen atoms in total. The Hall–Kier alpha value is -2.19.